The fourth-order valence-corrected chi connectivity index (χ4v) is 2.85. The summed E-state index contributed by atoms with van der Waals surface area (Å²) in [4.78, 5) is 6.48. The van der Waals surface area contributed by atoms with E-state index in [4.69, 9.17) is 0 Å². The summed E-state index contributed by atoms with van der Waals surface area (Å²) in [5.41, 5.74) is 3.75. The topological polar surface area (TPSA) is 33.1 Å². The van der Waals surface area contributed by atoms with E-state index < -0.39 is 0 Å². The zero-order chi connectivity index (χ0) is 13.9. The summed E-state index contributed by atoms with van der Waals surface area (Å²) < 4.78 is 2.23. The second kappa shape index (κ2) is 5.67. The van der Waals surface area contributed by atoms with Gasteiger partial charge in [0.1, 0.15) is 0 Å². The summed E-state index contributed by atoms with van der Waals surface area (Å²) in [5, 5.41) is 3.42. The number of imidazole rings is 1. The highest BCUT2D eigenvalue weighted by atomic mass is 15.1. The smallest absolute Gasteiger partial charge is 0.0994 e. The molecular formula is C16H22N4. The SMILES string of the molecule is CN(C)c1ccc(-n2cncc2C2CCNCC2)cc1. The molecule has 3 rings (SSSR count). The summed E-state index contributed by atoms with van der Waals surface area (Å²) in [6.07, 6.45) is 6.35. The molecule has 1 aliphatic heterocycles. The average molecular weight is 270 g/mol. The van der Waals surface area contributed by atoms with Crippen LogP contribution in [0.5, 0.6) is 0 Å². The van der Waals surface area contributed by atoms with Gasteiger partial charge in [-0.3, -0.25) is 0 Å². The maximum atomic E-state index is 4.36. The van der Waals surface area contributed by atoms with E-state index >= 15 is 0 Å². The lowest BCUT2D eigenvalue weighted by molar-refractivity contribution is 0.449. The number of rotatable bonds is 3. The fourth-order valence-electron chi connectivity index (χ4n) is 2.85. The molecule has 0 bridgehead atoms. The Bertz CT molecular complexity index is 550. The predicted octanol–water partition coefficient (Wildman–Crippen LogP) is 2.41. The Morgan fingerprint density at radius 3 is 2.50 bits per heavy atom. The number of nitrogens with zero attached hydrogens (tertiary/aromatic N) is 3. The second-order valence-corrected chi connectivity index (χ2v) is 5.62. The maximum absolute atomic E-state index is 4.36. The molecule has 1 aromatic heterocycles. The van der Waals surface area contributed by atoms with Gasteiger partial charge in [-0.15, -0.1) is 0 Å². The Morgan fingerprint density at radius 1 is 1.15 bits per heavy atom. The lowest BCUT2D eigenvalue weighted by Crippen LogP contribution is -2.27. The summed E-state index contributed by atoms with van der Waals surface area (Å²) in [5.74, 6) is 0.618. The van der Waals surface area contributed by atoms with Crippen LogP contribution in [0.2, 0.25) is 0 Å². The van der Waals surface area contributed by atoms with Crippen LogP contribution in [0.25, 0.3) is 5.69 Å². The van der Waals surface area contributed by atoms with Gasteiger partial charge >= 0.3 is 0 Å². The lowest BCUT2D eigenvalue weighted by Gasteiger charge is -2.23. The molecule has 0 radical (unpaired) electrons. The maximum Gasteiger partial charge on any atom is 0.0994 e. The van der Waals surface area contributed by atoms with Crippen molar-refractivity contribution in [2.24, 2.45) is 0 Å². The number of piperidine rings is 1. The van der Waals surface area contributed by atoms with Crippen molar-refractivity contribution >= 4 is 5.69 Å². The molecule has 4 nitrogen and oxygen atoms in total. The molecule has 2 aromatic rings. The monoisotopic (exact) mass is 270 g/mol. The van der Waals surface area contributed by atoms with Gasteiger partial charge in [0.15, 0.2) is 0 Å². The first-order chi connectivity index (χ1) is 9.75. The van der Waals surface area contributed by atoms with E-state index in [1.165, 1.54) is 29.9 Å². The standard InChI is InChI=1S/C16H22N4/c1-19(2)14-3-5-15(6-4-14)20-12-18-11-16(20)13-7-9-17-10-8-13/h3-6,11-13,17H,7-10H2,1-2H3. The molecular weight excluding hydrogens is 248 g/mol. The number of hydrogen-bond donors (Lipinski definition) is 1. The van der Waals surface area contributed by atoms with Crippen LogP contribution in [-0.4, -0.2) is 36.7 Å². The molecule has 0 spiro atoms. The highest BCUT2D eigenvalue weighted by Crippen LogP contribution is 2.27. The van der Waals surface area contributed by atoms with Gasteiger partial charge in [-0.05, 0) is 50.2 Å². The molecule has 0 unspecified atom stereocenters. The van der Waals surface area contributed by atoms with Crippen molar-refractivity contribution in [2.45, 2.75) is 18.8 Å². The molecule has 0 atom stereocenters. The Hall–Kier alpha value is -1.81. The number of nitrogens with one attached hydrogen (secondary N) is 1. The van der Waals surface area contributed by atoms with Gasteiger partial charge in [-0.25, -0.2) is 4.98 Å². The highest BCUT2D eigenvalue weighted by Gasteiger charge is 2.19. The Kier molecular flexibility index (Phi) is 3.74. The summed E-state index contributed by atoms with van der Waals surface area (Å²) in [6, 6.07) is 8.65. The van der Waals surface area contributed by atoms with Crippen LogP contribution in [-0.2, 0) is 0 Å². The van der Waals surface area contributed by atoms with E-state index in [9.17, 15) is 0 Å². The van der Waals surface area contributed by atoms with E-state index in [-0.39, 0.29) is 0 Å². The summed E-state index contributed by atoms with van der Waals surface area (Å²) >= 11 is 0. The Morgan fingerprint density at radius 2 is 1.85 bits per heavy atom. The number of aromatic nitrogens is 2. The minimum absolute atomic E-state index is 0.618. The van der Waals surface area contributed by atoms with E-state index in [0.717, 1.165) is 13.1 Å². The van der Waals surface area contributed by atoms with E-state index in [2.05, 4.69) is 58.1 Å². The molecule has 0 amide bonds. The molecule has 1 fully saturated rings. The van der Waals surface area contributed by atoms with Crippen molar-refractivity contribution in [2.75, 3.05) is 32.1 Å². The molecule has 1 saturated heterocycles. The molecule has 0 saturated carbocycles. The van der Waals surface area contributed by atoms with E-state index in [0.29, 0.717) is 5.92 Å². The van der Waals surface area contributed by atoms with Gasteiger partial charge in [0, 0.05) is 43.3 Å². The lowest BCUT2D eigenvalue weighted by atomic mass is 9.95. The van der Waals surface area contributed by atoms with Crippen LogP contribution in [0.1, 0.15) is 24.5 Å². The number of hydrogen-bond acceptors (Lipinski definition) is 3. The largest absolute Gasteiger partial charge is 0.378 e. The van der Waals surface area contributed by atoms with Crippen LogP contribution in [0, 0.1) is 0 Å². The summed E-state index contributed by atoms with van der Waals surface area (Å²) in [6.45, 7) is 2.21. The first kappa shape index (κ1) is 13.2. The minimum Gasteiger partial charge on any atom is -0.378 e. The van der Waals surface area contributed by atoms with Crippen LogP contribution in [0.4, 0.5) is 5.69 Å². The third kappa shape index (κ3) is 2.56. The van der Waals surface area contributed by atoms with Gasteiger partial charge in [0.25, 0.3) is 0 Å². The van der Waals surface area contributed by atoms with Crippen molar-refractivity contribution in [3.05, 3.63) is 42.5 Å². The van der Waals surface area contributed by atoms with Crippen LogP contribution in [0.3, 0.4) is 0 Å². The first-order valence-corrected chi connectivity index (χ1v) is 7.26. The zero-order valence-corrected chi connectivity index (χ0v) is 12.2. The van der Waals surface area contributed by atoms with Gasteiger partial charge in [0.05, 0.1) is 6.33 Å². The molecule has 1 aromatic carbocycles. The molecule has 1 N–H and O–H groups in total. The molecule has 1 aliphatic rings. The van der Waals surface area contributed by atoms with Gasteiger partial charge < -0.3 is 14.8 Å². The third-order valence-corrected chi connectivity index (χ3v) is 4.07. The molecule has 0 aliphatic carbocycles. The number of anilines is 1. The van der Waals surface area contributed by atoms with Crippen molar-refractivity contribution in [1.82, 2.24) is 14.9 Å². The normalized spacial score (nSPS) is 16.3. The fraction of sp³-hybridized carbons (Fsp3) is 0.438. The third-order valence-electron chi connectivity index (χ3n) is 4.07. The Balaban J connectivity index is 1.88. The summed E-state index contributed by atoms with van der Waals surface area (Å²) in [7, 11) is 4.12. The van der Waals surface area contributed by atoms with Crippen LogP contribution in [0.15, 0.2) is 36.8 Å². The second-order valence-electron chi connectivity index (χ2n) is 5.62. The molecule has 2 heterocycles. The average Bonchev–Trinajstić information content (AvgIpc) is 2.97. The van der Waals surface area contributed by atoms with Gasteiger partial charge in [-0.2, -0.15) is 0 Å². The van der Waals surface area contributed by atoms with Crippen LogP contribution < -0.4 is 10.2 Å². The van der Waals surface area contributed by atoms with Crippen molar-refractivity contribution in [1.29, 1.82) is 0 Å². The number of benzene rings is 1. The van der Waals surface area contributed by atoms with Crippen molar-refractivity contribution in [3.63, 3.8) is 0 Å². The van der Waals surface area contributed by atoms with Crippen molar-refractivity contribution in [3.8, 4) is 5.69 Å². The van der Waals surface area contributed by atoms with E-state index in [1.54, 1.807) is 0 Å². The molecule has 20 heavy (non-hydrogen) atoms. The molecule has 4 heteroatoms. The zero-order valence-electron chi connectivity index (χ0n) is 12.2. The van der Waals surface area contributed by atoms with E-state index in [1.807, 2.05) is 12.5 Å². The quantitative estimate of drug-likeness (QED) is 0.929. The van der Waals surface area contributed by atoms with Crippen molar-refractivity contribution < 1.29 is 0 Å². The predicted molar refractivity (Wildman–Crippen MR) is 82.7 cm³/mol. The Labute approximate surface area is 120 Å². The highest BCUT2D eigenvalue weighted by molar-refractivity contribution is 5.50. The van der Waals surface area contributed by atoms with Crippen LogP contribution >= 0.6 is 0 Å². The minimum atomic E-state index is 0.618. The van der Waals surface area contributed by atoms with Gasteiger partial charge in [-0.1, -0.05) is 0 Å². The van der Waals surface area contributed by atoms with Gasteiger partial charge in [0.2, 0.25) is 0 Å². The first-order valence-electron chi connectivity index (χ1n) is 7.26. The molecule has 106 valence electrons.